The lowest BCUT2D eigenvalue weighted by molar-refractivity contribution is -0.141. The molecule has 0 bridgehead atoms. The van der Waals surface area contributed by atoms with Gasteiger partial charge in [-0.3, -0.25) is 4.79 Å². The molecule has 6 nitrogen and oxygen atoms in total. The minimum absolute atomic E-state index is 0.0805. The Morgan fingerprint density at radius 1 is 1.28 bits per heavy atom. The van der Waals surface area contributed by atoms with Crippen LogP contribution in [0.3, 0.4) is 0 Å². The van der Waals surface area contributed by atoms with Crippen LogP contribution in [-0.4, -0.2) is 46.8 Å². The van der Waals surface area contributed by atoms with Crippen LogP contribution < -0.4 is 10.6 Å². The zero-order valence-electron chi connectivity index (χ0n) is 10.7. The van der Waals surface area contributed by atoms with Crippen molar-refractivity contribution in [2.24, 2.45) is 0 Å². The second kappa shape index (κ2) is 7.33. The topological polar surface area (TPSA) is 98.7 Å². The van der Waals surface area contributed by atoms with Crippen molar-refractivity contribution < 1.29 is 19.8 Å². The Bertz CT molecular complexity index is 296. The molecule has 6 heteroatoms. The van der Waals surface area contributed by atoms with Crippen LogP contribution in [0.5, 0.6) is 0 Å². The Labute approximate surface area is 107 Å². The molecular weight excluding hydrogens is 236 g/mol. The largest absolute Gasteiger partial charge is 0.480 e. The van der Waals surface area contributed by atoms with Crippen molar-refractivity contribution >= 4 is 11.9 Å². The number of aliphatic hydroxyl groups excluding tert-OH is 1. The molecule has 0 aromatic rings. The van der Waals surface area contributed by atoms with Crippen molar-refractivity contribution in [2.45, 2.75) is 57.2 Å². The summed E-state index contributed by atoms with van der Waals surface area (Å²) in [5.41, 5.74) is 0. The summed E-state index contributed by atoms with van der Waals surface area (Å²) in [6.07, 6.45) is 4.30. The SMILES string of the molecule is CC(=O)NC(CNC1CCCCCC1O)C(=O)O. The Morgan fingerprint density at radius 2 is 1.94 bits per heavy atom. The zero-order chi connectivity index (χ0) is 13.5. The molecule has 1 saturated carbocycles. The average Bonchev–Trinajstić information content (AvgIpc) is 2.48. The number of amides is 1. The van der Waals surface area contributed by atoms with Gasteiger partial charge in [0.2, 0.25) is 5.91 Å². The van der Waals surface area contributed by atoms with Gasteiger partial charge in [0.15, 0.2) is 0 Å². The van der Waals surface area contributed by atoms with Gasteiger partial charge >= 0.3 is 5.97 Å². The molecule has 1 amide bonds. The van der Waals surface area contributed by atoms with Crippen molar-refractivity contribution in [1.29, 1.82) is 0 Å². The van der Waals surface area contributed by atoms with Gasteiger partial charge in [0, 0.05) is 19.5 Å². The Morgan fingerprint density at radius 3 is 2.56 bits per heavy atom. The number of aliphatic hydroxyl groups is 1. The fraction of sp³-hybridized carbons (Fsp3) is 0.833. The summed E-state index contributed by atoms with van der Waals surface area (Å²) < 4.78 is 0. The van der Waals surface area contributed by atoms with Gasteiger partial charge in [-0.25, -0.2) is 4.79 Å². The molecule has 1 aliphatic rings. The molecule has 0 aromatic carbocycles. The number of carbonyl (C=O) groups excluding carboxylic acids is 1. The molecule has 0 radical (unpaired) electrons. The van der Waals surface area contributed by atoms with Gasteiger partial charge in [-0.05, 0) is 12.8 Å². The van der Waals surface area contributed by atoms with E-state index in [2.05, 4.69) is 10.6 Å². The smallest absolute Gasteiger partial charge is 0.327 e. The maximum atomic E-state index is 10.9. The number of carboxylic acids is 1. The predicted octanol–water partition coefficient (Wildman–Crippen LogP) is -0.141. The number of carboxylic acid groups (broad SMARTS) is 1. The molecule has 1 fully saturated rings. The van der Waals surface area contributed by atoms with E-state index < -0.39 is 18.1 Å². The molecule has 1 aliphatic carbocycles. The summed E-state index contributed by atoms with van der Waals surface area (Å²) in [7, 11) is 0. The number of nitrogens with one attached hydrogen (secondary N) is 2. The van der Waals surface area contributed by atoms with Crippen LogP contribution in [0.15, 0.2) is 0 Å². The summed E-state index contributed by atoms with van der Waals surface area (Å²) in [4.78, 5) is 21.8. The van der Waals surface area contributed by atoms with Gasteiger partial charge in [-0.1, -0.05) is 19.3 Å². The third-order valence-electron chi connectivity index (χ3n) is 3.24. The Balaban J connectivity index is 2.44. The summed E-state index contributed by atoms with van der Waals surface area (Å²) in [5.74, 6) is -1.44. The van der Waals surface area contributed by atoms with Crippen molar-refractivity contribution in [3.05, 3.63) is 0 Å². The maximum Gasteiger partial charge on any atom is 0.327 e. The highest BCUT2D eigenvalue weighted by Crippen LogP contribution is 2.17. The summed E-state index contributed by atoms with van der Waals surface area (Å²) >= 11 is 0. The van der Waals surface area contributed by atoms with E-state index in [1.54, 1.807) is 0 Å². The normalized spacial score (nSPS) is 26.1. The van der Waals surface area contributed by atoms with Crippen LogP contribution in [0.4, 0.5) is 0 Å². The zero-order valence-corrected chi connectivity index (χ0v) is 10.7. The van der Waals surface area contributed by atoms with Gasteiger partial charge < -0.3 is 20.8 Å². The minimum atomic E-state index is -1.07. The third-order valence-corrected chi connectivity index (χ3v) is 3.24. The molecule has 1 rings (SSSR count). The first-order chi connectivity index (χ1) is 8.50. The second-order valence-electron chi connectivity index (χ2n) is 4.81. The quantitative estimate of drug-likeness (QED) is 0.514. The van der Waals surface area contributed by atoms with Gasteiger partial charge in [-0.15, -0.1) is 0 Å². The van der Waals surface area contributed by atoms with Gasteiger partial charge in [0.05, 0.1) is 6.10 Å². The molecule has 18 heavy (non-hydrogen) atoms. The molecule has 3 unspecified atom stereocenters. The number of hydrogen-bond donors (Lipinski definition) is 4. The van der Waals surface area contributed by atoms with Crippen LogP contribution >= 0.6 is 0 Å². The van der Waals surface area contributed by atoms with E-state index in [0.717, 1.165) is 32.1 Å². The molecule has 0 spiro atoms. The number of hydrogen-bond acceptors (Lipinski definition) is 4. The van der Waals surface area contributed by atoms with E-state index in [0.29, 0.717) is 0 Å². The Hall–Kier alpha value is -1.14. The third kappa shape index (κ3) is 5.01. The Kier molecular flexibility index (Phi) is 6.07. The van der Waals surface area contributed by atoms with Gasteiger partial charge in [0.25, 0.3) is 0 Å². The summed E-state index contributed by atoms with van der Waals surface area (Å²) in [6, 6.07) is -1.03. The van der Waals surface area contributed by atoms with Crippen LogP contribution in [-0.2, 0) is 9.59 Å². The van der Waals surface area contributed by atoms with Crippen molar-refractivity contribution in [1.82, 2.24) is 10.6 Å². The van der Waals surface area contributed by atoms with Gasteiger partial charge in [-0.2, -0.15) is 0 Å². The predicted molar refractivity (Wildman–Crippen MR) is 66.1 cm³/mol. The molecule has 104 valence electrons. The minimum Gasteiger partial charge on any atom is -0.480 e. The fourth-order valence-corrected chi connectivity index (χ4v) is 2.24. The summed E-state index contributed by atoms with van der Waals surface area (Å²) in [6.45, 7) is 1.42. The summed E-state index contributed by atoms with van der Waals surface area (Å²) in [5, 5.41) is 24.3. The number of carbonyl (C=O) groups is 2. The van der Waals surface area contributed by atoms with Crippen LogP contribution in [0, 0.1) is 0 Å². The molecule has 0 heterocycles. The first-order valence-electron chi connectivity index (χ1n) is 6.42. The highest BCUT2D eigenvalue weighted by molar-refractivity contribution is 5.82. The first kappa shape index (κ1) is 14.9. The van der Waals surface area contributed by atoms with Crippen molar-refractivity contribution in [3.63, 3.8) is 0 Å². The molecule has 3 atom stereocenters. The van der Waals surface area contributed by atoms with E-state index in [1.165, 1.54) is 6.92 Å². The van der Waals surface area contributed by atoms with Crippen LogP contribution in [0.1, 0.15) is 39.0 Å². The fourth-order valence-electron chi connectivity index (χ4n) is 2.24. The van der Waals surface area contributed by atoms with Crippen molar-refractivity contribution in [3.8, 4) is 0 Å². The number of aliphatic carboxylic acids is 1. The van der Waals surface area contributed by atoms with E-state index in [1.807, 2.05) is 0 Å². The van der Waals surface area contributed by atoms with E-state index in [-0.39, 0.29) is 18.5 Å². The number of rotatable bonds is 5. The molecule has 4 N–H and O–H groups in total. The monoisotopic (exact) mass is 258 g/mol. The second-order valence-corrected chi connectivity index (χ2v) is 4.81. The maximum absolute atomic E-state index is 10.9. The molecular formula is C12H22N2O4. The van der Waals surface area contributed by atoms with Gasteiger partial charge in [0.1, 0.15) is 6.04 Å². The van der Waals surface area contributed by atoms with Crippen LogP contribution in [0.25, 0.3) is 0 Å². The lowest BCUT2D eigenvalue weighted by Crippen LogP contribution is -2.50. The van der Waals surface area contributed by atoms with Crippen molar-refractivity contribution in [2.75, 3.05) is 6.54 Å². The molecule has 0 aliphatic heterocycles. The van der Waals surface area contributed by atoms with Crippen LogP contribution in [0.2, 0.25) is 0 Å². The van der Waals surface area contributed by atoms with E-state index in [4.69, 9.17) is 5.11 Å². The van der Waals surface area contributed by atoms with E-state index in [9.17, 15) is 14.7 Å². The first-order valence-corrected chi connectivity index (χ1v) is 6.42. The lowest BCUT2D eigenvalue weighted by Gasteiger charge is -2.24. The highest BCUT2D eigenvalue weighted by Gasteiger charge is 2.24. The molecule has 0 saturated heterocycles. The highest BCUT2D eigenvalue weighted by atomic mass is 16.4. The standard InChI is InChI=1S/C12H22N2O4/c1-8(15)14-10(12(17)18)7-13-9-5-3-2-4-6-11(9)16/h9-11,13,16H,2-7H2,1H3,(H,14,15)(H,17,18). The van der Waals surface area contributed by atoms with E-state index >= 15 is 0 Å². The average molecular weight is 258 g/mol. The molecule has 0 aromatic heterocycles. The lowest BCUT2D eigenvalue weighted by atomic mass is 10.1.